The second-order valence-corrected chi connectivity index (χ2v) is 8.30. The molecule has 3 nitrogen and oxygen atoms in total. The fraction of sp³-hybridized carbons (Fsp3) is 0.381. The van der Waals surface area contributed by atoms with E-state index in [1.807, 2.05) is 24.8 Å². The number of carbonyl (C=O) groups is 1. The fourth-order valence-corrected chi connectivity index (χ4v) is 4.71. The van der Waals surface area contributed by atoms with E-state index in [-0.39, 0.29) is 5.78 Å². The molecular weight excluding hydrogens is 328 g/mol. The maximum Gasteiger partial charge on any atom is 0.162 e. The van der Waals surface area contributed by atoms with Crippen LogP contribution in [0.2, 0.25) is 0 Å². The van der Waals surface area contributed by atoms with Crippen molar-refractivity contribution in [1.82, 2.24) is 9.38 Å². The minimum atomic E-state index is 0.207. The van der Waals surface area contributed by atoms with Crippen LogP contribution in [0.25, 0.3) is 0 Å². The minimum Gasteiger partial charge on any atom is -0.301 e. The van der Waals surface area contributed by atoms with E-state index in [1.54, 1.807) is 0 Å². The average molecular weight is 356 g/mol. The summed E-state index contributed by atoms with van der Waals surface area (Å²) in [4.78, 5) is 17.1. The van der Waals surface area contributed by atoms with Crippen molar-refractivity contribution < 1.29 is 4.79 Å². The lowest BCUT2D eigenvalue weighted by Gasteiger charge is -2.41. The predicted octanol–water partition coefficient (Wildman–Crippen LogP) is 4.96. The highest BCUT2D eigenvalue weighted by Gasteiger charge is 2.39. The molecule has 3 rings (SSSR count). The van der Waals surface area contributed by atoms with Crippen LogP contribution in [-0.4, -0.2) is 44.4 Å². The van der Waals surface area contributed by atoms with Crippen LogP contribution in [0.3, 0.4) is 0 Å². The lowest BCUT2D eigenvalue weighted by molar-refractivity contribution is 0.0988. The molecule has 0 amide bonds. The molecule has 0 aliphatic carbocycles. The van der Waals surface area contributed by atoms with Crippen LogP contribution in [0.15, 0.2) is 52.3 Å². The molecule has 0 aromatic heterocycles. The fourth-order valence-electron chi connectivity index (χ4n) is 3.45. The highest BCUT2D eigenvalue weighted by atomic mass is 32.2. The minimum absolute atomic E-state index is 0.207. The van der Waals surface area contributed by atoms with E-state index >= 15 is 0 Å². The highest BCUT2D eigenvalue weighted by Crippen LogP contribution is 2.52. The van der Waals surface area contributed by atoms with Crippen LogP contribution < -0.4 is 4.48 Å². The number of hydrogen-bond acceptors (Lipinski definition) is 3. The second kappa shape index (κ2) is 6.94. The molecule has 25 heavy (non-hydrogen) atoms. The van der Waals surface area contributed by atoms with E-state index in [0.29, 0.717) is 12.5 Å². The molecule has 132 valence electrons. The lowest BCUT2D eigenvalue weighted by Crippen LogP contribution is -2.50. The number of nitrogens with zero attached hydrogens (tertiary/aromatic N) is 2. The summed E-state index contributed by atoms with van der Waals surface area (Å²) in [6.45, 7) is 5.14. The summed E-state index contributed by atoms with van der Waals surface area (Å²) >= 11 is 1.81. The number of ketones is 1. The van der Waals surface area contributed by atoms with Gasteiger partial charge in [-0.05, 0) is 39.2 Å². The van der Waals surface area contributed by atoms with Crippen molar-refractivity contribution >= 4 is 28.9 Å². The van der Waals surface area contributed by atoms with Crippen molar-refractivity contribution in [2.45, 2.75) is 36.1 Å². The molecule has 2 aromatic carbocycles. The second-order valence-electron chi connectivity index (χ2n) is 7.22. The van der Waals surface area contributed by atoms with E-state index in [4.69, 9.17) is 0 Å². The first kappa shape index (κ1) is 18.2. The number of fused-ring (bicyclic) bond motifs is 2. The summed E-state index contributed by atoms with van der Waals surface area (Å²) in [5.74, 6) is 0.207. The number of benzene rings is 2. The monoisotopic (exact) mass is 355 g/mol. The van der Waals surface area contributed by atoms with Crippen molar-refractivity contribution in [1.29, 1.82) is 0 Å². The van der Waals surface area contributed by atoms with Gasteiger partial charge in [0.05, 0.1) is 22.9 Å². The molecule has 2 aromatic rings. The van der Waals surface area contributed by atoms with Gasteiger partial charge in [0, 0.05) is 24.1 Å². The van der Waals surface area contributed by atoms with E-state index < -0.39 is 0 Å². The summed E-state index contributed by atoms with van der Waals surface area (Å²) in [6.07, 6.45) is 0.542. The Morgan fingerprint density at radius 3 is 2.48 bits per heavy atom. The zero-order valence-corrected chi connectivity index (χ0v) is 16.6. The third-order valence-corrected chi connectivity index (χ3v) is 6.39. The molecular formula is C21H27N2OS+. The van der Waals surface area contributed by atoms with Gasteiger partial charge in [0.1, 0.15) is 6.54 Å². The topological polar surface area (TPSA) is 20.3 Å². The van der Waals surface area contributed by atoms with Gasteiger partial charge in [-0.3, -0.25) is 9.28 Å². The predicted molar refractivity (Wildman–Crippen MR) is 107 cm³/mol. The van der Waals surface area contributed by atoms with Crippen LogP contribution in [0.1, 0.15) is 30.6 Å². The van der Waals surface area contributed by atoms with E-state index in [2.05, 4.69) is 69.4 Å². The summed E-state index contributed by atoms with van der Waals surface area (Å²) in [7, 11) is 6.52. The lowest BCUT2D eigenvalue weighted by atomic mass is 10.0. The highest BCUT2D eigenvalue weighted by molar-refractivity contribution is 7.99. The molecule has 4 heteroatoms. The molecule has 0 fully saturated rings. The summed E-state index contributed by atoms with van der Waals surface area (Å²) < 4.78 is 0.725. The Balaban J connectivity index is 2.17. The SMILES string of the molecule is CCC(=O)c1ccc2c(c1)[N+](C)(CC(C)N(C)C)c1ccccc1S2. The molecule has 0 bridgehead atoms. The number of rotatable bonds is 5. The molecule has 0 N–H and O–H groups in total. The van der Waals surface area contributed by atoms with Crippen LogP contribution in [0, 0.1) is 0 Å². The van der Waals surface area contributed by atoms with Gasteiger partial charge in [-0.15, -0.1) is 0 Å². The van der Waals surface area contributed by atoms with Crippen LogP contribution in [0.5, 0.6) is 0 Å². The van der Waals surface area contributed by atoms with Gasteiger partial charge in [0.2, 0.25) is 0 Å². The zero-order chi connectivity index (χ0) is 18.2. The van der Waals surface area contributed by atoms with Gasteiger partial charge < -0.3 is 4.90 Å². The zero-order valence-electron chi connectivity index (χ0n) is 15.7. The molecule has 1 heterocycles. The summed E-state index contributed by atoms with van der Waals surface area (Å²) in [5.41, 5.74) is 3.37. The van der Waals surface area contributed by atoms with Crippen molar-refractivity contribution in [3.05, 3.63) is 48.0 Å². The Bertz CT molecular complexity index is 802. The molecule has 0 radical (unpaired) electrons. The van der Waals surface area contributed by atoms with Crippen LogP contribution in [0.4, 0.5) is 11.4 Å². The number of carbonyl (C=O) groups excluding carboxylic acids is 1. The van der Waals surface area contributed by atoms with Crippen molar-refractivity contribution in [3.63, 3.8) is 0 Å². The van der Waals surface area contributed by atoms with Crippen molar-refractivity contribution in [2.75, 3.05) is 27.7 Å². The van der Waals surface area contributed by atoms with Crippen LogP contribution in [-0.2, 0) is 0 Å². The Hall–Kier alpha value is -1.62. The third-order valence-electron chi connectivity index (χ3n) is 5.26. The Morgan fingerprint density at radius 1 is 1.12 bits per heavy atom. The van der Waals surface area contributed by atoms with Gasteiger partial charge in [-0.1, -0.05) is 30.8 Å². The molecule has 1 aliphatic rings. The molecule has 2 atom stereocenters. The van der Waals surface area contributed by atoms with E-state index in [1.165, 1.54) is 21.2 Å². The molecule has 2 unspecified atom stereocenters. The van der Waals surface area contributed by atoms with Gasteiger partial charge in [0.25, 0.3) is 0 Å². The Morgan fingerprint density at radius 2 is 1.80 bits per heavy atom. The van der Waals surface area contributed by atoms with Gasteiger partial charge >= 0.3 is 0 Å². The van der Waals surface area contributed by atoms with Crippen molar-refractivity contribution in [3.8, 4) is 0 Å². The number of Topliss-reactive ketones (excluding diaryl/α,β-unsaturated/α-hetero) is 1. The first-order valence-electron chi connectivity index (χ1n) is 8.84. The van der Waals surface area contributed by atoms with Gasteiger partial charge in [-0.25, -0.2) is 0 Å². The molecule has 0 spiro atoms. The molecule has 1 aliphatic heterocycles. The van der Waals surface area contributed by atoms with Gasteiger partial charge in [-0.2, -0.15) is 0 Å². The largest absolute Gasteiger partial charge is 0.301 e. The molecule has 0 saturated heterocycles. The maximum atomic E-state index is 12.3. The number of para-hydroxylation sites is 1. The first-order valence-corrected chi connectivity index (χ1v) is 9.65. The maximum absolute atomic E-state index is 12.3. The third kappa shape index (κ3) is 3.26. The first-order chi connectivity index (χ1) is 11.9. The standard InChI is InChI=1S/C21H27N2OS/c1-6-19(24)16-11-12-21-18(13-16)23(5,14-15(2)22(3)4)17-9-7-8-10-20(17)25-21/h7-13,15H,6,14H2,1-5H3/q+1. The molecule has 0 saturated carbocycles. The number of hydrogen-bond donors (Lipinski definition) is 0. The Kier molecular flexibility index (Phi) is 5.05. The van der Waals surface area contributed by atoms with E-state index in [9.17, 15) is 4.79 Å². The van der Waals surface area contributed by atoms with Crippen LogP contribution >= 0.6 is 11.8 Å². The Labute approximate surface area is 155 Å². The average Bonchev–Trinajstić information content (AvgIpc) is 2.61. The summed E-state index contributed by atoms with van der Waals surface area (Å²) in [6, 6.07) is 15.3. The number of quaternary nitrogens is 1. The summed E-state index contributed by atoms with van der Waals surface area (Å²) in [5, 5.41) is 0. The quantitative estimate of drug-likeness (QED) is 0.558. The normalized spacial score (nSPS) is 20.1. The number of likely N-dealkylation sites (N-methyl/N-ethyl adjacent to an activating group) is 2. The smallest absolute Gasteiger partial charge is 0.162 e. The van der Waals surface area contributed by atoms with Crippen molar-refractivity contribution in [2.24, 2.45) is 0 Å². The van der Waals surface area contributed by atoms with Gasteiger partial charge in [0.15, 0.2) is 17.2 Å². The van der Waals surface area contributed by atoms with E-state index in [0.717, 1.165) is 16.6 Å².